The summed E-state index contributed by atoms with van der Waals surface area (Å²) in [4.78, 5) is 2.56. The monoisotopic (exact) mass is 304 g/mol. The minimum absolute atomic E-state index is 0.459. The highest BCUT2D eigenvalue weighted by Crippen LogP contribution is 2.28. The molecule has 1 N–H and O–H groups in total. The molecule has 23 heavy (non-hydrogen) atoms. The van der Waals surface area contributed by atoms with E-state index in [9.17, 15) is 0 Å². The molecule has 0 bridgehead atoms. The van der Waals surface area contributed by atoms with Crippen molar-refractivity contribution < 1.29 is 0 Å². The predicted octanol–water partition coefficient (Wildman–Crippen LogP) is 3.27. The van der Waals surface area contributed by atoms with E-state index in [-0.39, 0.29) is 0 Å². The van der Waals surface area contributed by atoms with E-state index in [1.54, 1.807) is 0 Å². The molecular weight excluding hydrogens is 280 g/mol. The fourth-order valence-electron chi connectivity index (χ4n) is 3.48. The van der Waals surface area contributed by atoms with Crippen LogP contribution < -0.4 is 5.32 Å². The first kappa shape index (κ1) is 15.8. The number of piperidine rings is 1. The minimum Gasteiger partial charge on any atom is -0.303 e. The average molecular weight is 304 g/mol. The molecule has 1 fully saturated rings. The lowest BCUT2D eigenvalue weighted by molar-refractivity contribution is 0.169. The third kappa shape index (κ3) is 4.22. The zero-order valence-corrected chi connectivity index (χ0v) is 13.5. The van der Waals surface area contributed by atoms with E-state index in [0.29, 0.717) is 18.5 Å². The molecule has 1 aliphatic rings. The molecule has 1 saturated heterocycles. The van der Waals surface area contributed by atoms with Gasteiger partial charge in [0.25, 0.3) is 0 Å². The molecule has 118 valence electrons. The van der Waals surface area contributed by atoms with Gasteiger partial charge in [0.15, 0.2) is 0 Å². The van der Waals surface area contributed by atoms with Gasteiger partial charge in [0.2, 0.25) is 0 Å². The Hall–Kier alpha value is -2.08. The Morgan fingerprint density at radius 2 is 1.74 bits per heavy atom. The molecule has 3 rings (SSSR count). The summed E-state index contributed by atoms with van der Waals surface area (Å²) in [6.45, 7) is 3.85. The molecule has 2 aromatic carbocycles. The molecule has 0 aliphatic carbocycles. The molecule has 0 saturated carbocycles. The number of nitrogens with one attached hydrogen (secondary N) is 1. The number of hydrogen-bond donors (Lipinski definition) is 1. The van der Waals surface area contributed by atoms with Gasteiger partial charge in [0.1, 0.15) is 0 Å². The van der Waals surface area contributed by atoms with Crippen molar-refractivity contribution in [3.05, 3.63) is 71.8 Å². The maximum atomic E-state index is 5.44. The fraction of sp³-hybridized carbons (Fsp3) is 0.333. The van der Waals surface area contributed by atoms with Gasteiger partial charge in [-0.05, 0) is 17.5 Å². The molecule has 2 nitrogen and oxygen atoms in total. The van der Waals surface area contributed by atoms with Gasteiger partial charge in [0, 0.05) is 31.6 Å². The molecule has 0 aromatic heterocycles. The van der Waals surface area contributed by atoms with Gasteiger partial charge in [-0.15, -0.1) is 6.42 Å². The summed E-state index contributed by atoms with van der Waals surface area (Å²) < 4.78 is 0. The summed E-state index contributed by atoms with van der Waals surface area (Å²) in [6, 6.07) is 22.0. The molecule has 0 unspecified atom stereocenters. The Labute approximate surface area is 139 Å². The van der Waals surface area contributed by atoms with E-state index in [1.807, 2.05) is 0 Å². The van der Waals surface area contributed by atoms with Crippen molar-refractivity contribution in [2.45, 2.75) is 24.9 Å². The van der Waals surface area contributed by atoms with Crippen LogP contribution in [0, 0.1) is 12.3 Å². The van der Waals surface area contributed by atoms with E-state index in [1.165, 1.54) is 11.1 Å². The van der Waals surface area contributed by atoms with Gasteiger partial charge in [-0.1, -0.05) is 66.6 Å². The fourth-order valence-corrected chi connectivity index (χ4v) is 3.48. The van der Waals surface area contributed by atoms with Crippen LogP contribution >= 0.6 is 0 Å². The lowest BCUT2D eigenvalue weighted by Crippen LogP contribution is -2.47. The van der Waals surface area contributed by atoms with Gasteiger partial charge in [0.05, 0.1) is 6.54 Å². The van der Waals surface area contributed by atoms with Crippen molar-refractivity contribution in [3.63, 3.8) is 0 Å². The van der Waals surface area contributed by atoms with Crippen molar-refractivity contribution in [3.8, 4) is 12.3 Å². The lowest BCUT2D eigenvalue weighted by atomic mass is 9.85. The van der Waals surface area contributed by atoms with Crippen molar-refractivity contribution in [1.82, 2.24) is 10.2 Å². The summed E-state index contributed by atoms with van der Waals surface area (Å²) in [6.07, 6.45) is 6.57. The SMILES string of the molecule is C#CCN[C@@H]1CCN(Cc2ccccc2)C[C@@H]1c1ccccc1. The molecule has 0 amide bonds. The average Bonchev–Trinajstić information content (AvgIpc) is 2.62. The molecular formula is C21H24N2. The topological polar surface area (TPSA) is 15.3 Å². The first-order chi connectivity index (χ1) is 11.4. The standard InChI is InChI=1S/C21H24N2/c1-2-14-22-21-13-15-23(16-18-9-5-3-6-10-18)17-20(21)19-11-7-4-8-12-19/h1,3-12,20-22H,13-17H2/t20-,21-/m1/s1. The Balaban J connectivity index is 1.72. The van der Waals surface area contributed by atoms with Gasteiger partial charge >= 0.3 is 0 Å². The highest BCUT2D eigenvalue weighted by atomic mass is 15.1. The van der Waals surface area contributed by atoms with Crippen LogP contribution in [0.1, 0.15) is 23.5 Å². The second-order valence-corrected chi connectivity index (χ2v) is 6.22. The minimum atomic E-state index is 0.459. The third-order valence-electron chi connectivity index (χ3n) is 4.64. The van der Waals surface area contributed by atoms with Crippen molar-refractivity contribution >= 4 is 0 Å². The smallest absolute Gasteiger partial charge is 0.0576 e. The highest BCUT2D eigenvalue weighted by molar-refractivity contribution is 5.23. The number of terminal acetylenes is 1. The number of nitrogens with zero attached hydrogens (tertiary/aromatic N) is 1. The van der Waals surface area contributed by atoms with Crippen molar-refractivity contribution in [2.75, 3.05) is 19.6 Å². The van der Waals surface area contributed by atoms with Crippen LogP contribution in [-0.4, -0.2) is 30.6 Å². The van der Waals surface area contributed by atoms with Crippen LogP contribution in [0.5, 0.6) is 0 Å². The summed E-state index contributed by atoms with van der Waals surface area (Å²) in [7, 11) is 0. The Morgan fingerprint density at radius 3 is 2.43 bits per heavy atom. The highest BCUT2D eigenvalue weighted by Gasteiger charge is 2.29. The Bertz CT molecular complexity index is 630. The van der Waals surface area contributed by atoms with Crippen molar-refractivity contribution in [1.29, 1.82) is 0 Å². The Kier molecular flexibility index (Phi) is 5.47. The molecule has 0 radical (unpaired) electrons. The zero-order chi connectivity index (χ0) is 15.9. The molecule has 2 aromatic rings. The first-order valence-corrected chi connectivity index (χ1v) is 8.35. The second-order valence-electron chi connectivity index (χ2n) is 6.22. The zero-order valence-electron chi connectivity index (χ0n) is 13.5. The number of rotatable bonds is 5. The predicted molar refractivity (Wildman–Crippen MR) is 96.1 cm³/mol. The normalized spacial score (nSPS) is 21.7. The largest absolute Gasteiger partial charge is 0.303 e. The summed E-state index contributed by atoms with van der Waals surface area (Å²) >= 11 is 0. The van der Waals surface area contributed by atoms with E-state index in [4.69, 9.17) is 6.42 Å². The molecule has 1 heterocycles. The third-order valence-corrected chi connectivity index (χ3v) is 4.64. The van der Waals surface area contributed by atoms with E-state index in [0.717, 1.165) is 26.1 Å². The maximum Gasteiger partial charge on any atom is 0.0576 e. The summed E-state index contributed by atoms with van der Waals surface area (Å²) in [5.41, 5.74) is 2.79. The quantitative estimate of drug-likeness (QED) is 0.853. The van der Waals surface area contributed by atoms with Gasteiger partial charge in [-0.25, -0.2) is 0 Å². The van der Waals surface area contributed by atoms with Crippen LogP contribution in [0.3, 0.4) is 0 Å². The number of hydrogen-bond acceptors (Lipinski definition) is 2. The second kappa shape index (κ2) is 7.97. The number of likely N-dealkylation sites (tertiary alicyclic amines) is 1. The molecule has 0 spiro atoms. The van der Waals surface area contributed by atoms with E-state index in [2.05, 4.69) is 76.8 Å². The first-order valence-electron chi connectivity index (χ1n) is 8.35. The molecule has 2 heteroatoms. The van der Waals surface area contributed by atoms with Gasteiger partial charge in [-0.3, -0.25) is 4.90 Å². The van der Waals surface area contributed by atoms with Gasteiger partial charge < -0.3 is 5.32 Å². The van der Waals surface area contributed by atoms with E-state index >= 15 is 0 Å². The van der Waals surface area contributed by atoms with Crippen molar-refractivity contribution in [2.24, 2.45) is 0 Å². The van der Waals surface area contributed by atoms with E-state index < -0.39 is 0 Å². The molecule has 2 atom stereocenters. The van der Waals surface area contributed by atoms with Crippen LogP contribution in [0.4, 0.5) is 0 Å². The maximum absolute atomic E-state index is 5.44. The lowest BCUT2D eigenvalue weighted by Gasteiger charge is -2.39. The summed E-state index contributed by atoms with van der Waals surface area (Å²) in [5, 5.41) is 3.54. The van der Waals surface area contributed by atoms with Crippen LogP contribution in [0.15, 0.2) is 60.7 Å². The number of benzene rings is 2. The molecule has 1 aliphatic heterocycles. The van der Waals surface area contributed by atoms with Crippen LogP contribution in [-0.2, 0) is 6.54 Å². The van der Waals surface area contributed by atoms with Gasteiger partial charge in [-0.2, -0.15) is 0 Å². The Morgan fingerprint density at radius 1 is 1.04 bits per heavy atom. The van der Waals surface area contributed by atoms with Crippen LogP contribution in [0.2, 0.25) is 0 Å². The van der Waals surface area contributed by atoms with Crippen LogP contribution in [0.25, 0.3) is 0 Å². The summed E-state index contributed by atoms with van der Waals surface area (Å²) in [5.74, 6) is 3.20.